The Balaban J connectivity index is 0.000000239. The SMILES string of the molecule is NC(=O)c1ccc(B(O)O)cc1.c1cscn1. The summed E-state index contributed by atoms with van der Waals surface area (Å²) < 4.78 is 0. The summed E-state index contributed by atoms with van der Waals surface area (Å²) in [7, 11) is -1.51. The molecule has 5 nitrogen and oxygen atoms in total. The molecule has 2 aromatic rings. The fourth-order valence-corrected chi connectivity index (χ4v) is 1.35. The van der Waals surface area contributed by atoms with Crippen molar-refractivity contribution in [1.82, 2.24) is 4.98 Å². The molecule has 0 saturated carbocycles. The van der Waals surface area contributed by atoms with Crippen molar-refractivity contribution in [1.29, 1.82) is 0 Å². The number of rotatable bonds is 2. The number of hydrogen-bond acceptors (Lipinski definition) is 5. The predicted molar refractivity (Wildman–Crippen MR) is 66.9 cm³/mol. The summed E-state index contributed by atoms with van der Waals surface area (Å²) in [5, 5.41) is 19.3. The lowest BCUT2D eigenvalue weighted by Gasteiger charge is -1.99. The van der Waals surface area contributed by atoms with Crippen LogP contribution in [-0.4, -0.2) is 28.1 Å². The number of aromatic nitrogens is 1. The summed E-state index contributed by atoms with van der Waals surface area (Å²) in [6.07, 6.45) is 1.77. The molecule has 1 heterocycles. The lowest BCUT2D eigenvalue weighted by Crippen LogP contribution is -2.29. The molecule has 0 saturated heterocycles. The van der Waals surface area contributed by atoms with Crippen LogP contribution in [0.15, 0.2) is 41.4 Å². The van der Waals surface area contributed by atoms with E-state index in [4.69, 9.17) is 15.8 Å². The van der Waals surface area contributed by atoms with Gasteiger partial charge in [-0.05, 0) is 17.6 Å². The molecular formula is C10H11BN2O3S. The number of amides is 1. The molecule has 17 heavy (non-hydrogen) atoms. The van der Waals surface area contributed by atoms with Gasteiger partial charge in [-0.25, -0.2) is 0 Å². The van der Waals surface area contributed by atoms with Gasteiger partial charge >= 0.3 is 7.12 Å². The fraction of sp³-hybridized carbons (Fsp3) is 0. The summed E-state index contributed by atoms with van der Waals surface area (Å²) >= 11 is 1.60. The second kappa shape index (κ2) is 6.79. The van der Waals surface area contributed by atoms with Gasteiger partial charge in [-0.15, -0.1) is 11.3 Å². The van der Waals surface area contributed by atoms with Crippen molar-refractivity contribution < 1.29 is 14.8 Å². The topological polar surface area (TPSA) is 96.4 Å². The van der Waals surface area contributed by atoms with E-state index in [1.54, 1.807) is 23.0 Å². The smallest absolute Gasteiger partial charge is 0.423 e. The maximum atomic E-state index is 10.6. The molecule has 2 rings (SSSR count). The van der Waals surface area contributed by atoms with E-state index in [1.807, 2.05) is 5.38 Å². The monoisotopic (exact) mass is 250 g/mol. The number of thiazole rings is 1. The lowest BCUT2D eigenvalue weighted by atomic mass is 9.80. The van der Waals surface area contributed by atoms with Gasteiger partial charge in [0.25, 0.3) is 0 Å². The number of benzene rings is 1. The van der Waals surface area contributed by atoms with Crippen molar-refractivity contribution >= 4 is 29.8 Å². The van der Waals surface area contributed by atoms with E-state index >= 15 is 0 Å². The number of primary amides is 1. The minimum atomic E-state index is -1.51. The van der Waals surface area contributed by atoms with Gasteiger partial charge in [-0.2, -0.15) is 0 Å². The average molecular weight is 250 g/mol. The van der Waals surface area contributed by atoms with Crippen LogP contribution in [0.1, 0.15) is 10.4 Å². The molecule has 0 fully saturated rings. The Morgan fingerprint density at radius 1 is 1.29 bits per heavy atom. The summed E-state index contributed by atoms with van der Waals surface area (Å²) in [5.41, 5.74) is 7.45. The van der Waals surface area contributed by atoms with Crippen LogP contribution in [-0.2, 0) is 0 Å². The third-order valence-corrected chi connectivity index (χ3v) is 2.36. The Kier molecular flexibility index (Phi) is 5.34. The number of nitrogens with zero attached hydrogens (tertiary/aromatic N) is 1. The third kappa shape index (κ3) is 4.77. The molecule has 0 bridgehead atoms. The standard InChI is InChI=1S/C7H8BNO3.C3H3NS/c9-7(10)5-1-3-6(4-2-5)8(11)12;1-2-5-3-4-1/h1-4,11-12H,(H2,9,10);1-3H. The van der Waals surface area contributed by atoms with E-state index in [9.17, 15) is 4.79 Å². The van der Waals surface area contributed by atoms with Crippen molar-refractivity contribution in [3.63, 3.8) is 0 Å². The van der Waals surface area contributed by atoms with Crippen LogP contribution >= 0.6 is 11.3 Å². The summed E-state index contributed by atoms with van der Waals surface area (Å²) in [4.78, 5) is 14.3. The fourth-order valence-electron chi connectivity index (χ4n) is 0.995. The highest BCUT2D eigenvalue weighted by atomic mass is 32.1. The van der Waals surface area contributed by atoms with E-state index in [1.165, 1.54) is 24.3 Å². The molecule has 1 aromatic carbocycles. The highest BCUT2D eigenvalue weighted by Crippen LogP contribution is 1.94. The largest absolute Gasteiger partial charge is 0.488 e. The maximum absolute atomic E-state index is 10.6. The minimum Gasteiger partial charge on any atom is -0.423 e. The first kappa shape index (κ1) is 13.4. The maximum Gasteiger partial charge on any atom is 0.488 e. The quantitative estimate of drug-likeness (QED) is 0.632. The normalized spacial score (nSPS) is 9.06. The van der Waals surface area contributed by atoms with E-state index < -0.39 is 13.0 Å². The van der Waals surface area contributed by atoms with Crippen molar-refractivity contribution in [3.8, 4) is 0 Å². The van der Waals surface area contributed by atoms with E-state index in [0.717, 1.165) is 0 Å². The van der Waals surface area contributed by atoms with E-state index in [-0.39, 0.29) is 0 Å². The lowest BCUT2D eigenvalue weighted by molar-refractivity contribution is 0.100. The van der Waals surface area contributed by atoms with Crippen LogP contribution in [0.5, 0.6) is 0 Å². The Hall–Kier alpha value is -1.70. The van der Waals surface area contributed by atoms with Gasteiger partial charge in [0.05, 0.1) is 5.51 Å². The molecule has 1 amide bonds. The predicted octanol–water partition coefficient (Wildman–Crippen LogP) is -0.392. The number of carbonyl (C=O) groups is 1. The first-order valence-electron chi connectivity index (χ1n) is 4.69. The second-order valence-corrected chi connectivity index (χ2v) is 3.79. The Bertz CT molecular complexity index is 428. The Morgan fingerprint density at radius 3 is 2.24 bits per heavy atom. The minimum absolute atomic E-state index is 0.333. The van der Waals surface area contributed by atoms with Crippen LogP contribution in [0.3, 0.4) is 0 Å². The molecule has 4 N–H and O–H groups in total. The first-order chi connectivity index (χ1) is 8.11. The number of hydrogen-bond donors (Lipinski definition) is 3. The van der Waals surface area contributed by atoms with Gasteiger partial charge in [0.1, 0.15) is 0 Å². The van der Waals surface area contributed by atoms with Crippen LogP contribution < -0.4 is 11.2 Å². The Morgan fingerprint density at radius 2 is 1.94 bits per heavy atom. The summed E-state index contributed by atoms with van der Waals surface area (Å²) in [6.45, 7) is 0. The highest BCUT2D eigenvalue weighted by molar-refractivity contribution is 7.07. The summed E-state index contributed by atoms with van der Waals surface area (Å²) in [5.74, 6) is -0.533. The molecular weight excluding hydrogens is 239 g/mol. The van der Waals surface area contributed by atoms with Crippen molar-refractivity contribution in [2.75, 3.05) is 0 Å². The molecule has 0 radical (unpaired) electrons. The third-order valence-electron chi connectivity index (χ3n) is 1.84. The molecule has 0 spiro atoms. The average Bonchev–Trinajstić information content (AvgIpc) is 2.87. The molecule has 0 unspecified atom stereocenters. The van der Waals surface area contributed by atoms with Crippen LogP contribution in [0, 0.1) is 0 Å². The second-order valence-electron chi connectivity index (χ2n) is 3.04. The van der Waals surface area contributed by atoms with Gasteiger partial charge in [0.15, 0.2) is 0 Å². The van der Waals surface area contributed by atoms with Crippen LogP contribution in [0.4, 0.5) is 0 Å². The van der Waals surface area contributed by atoms with Gasteiger partial charge in [-0.1, -0.05) is 12.1 Å². The number of nitrogens with two attached hydrogens (primary N) is 1. The first-order valence-corrected chi connectivity index (χ1v) is 5.63. The molecule has 0 aliphatic heterocycles. The van der Waals surface area contributed by atoms with E-state index in [2.05, 4.69) is 4.98 Å². The molecule has 7 heteroatoms. The molecule has 1 aromatic heterocycles. The molecule has 0 aliphatic carbocycles. The molecule has 0 aliphatic rings. The highest BCUT2D eigenvalue weighted by Gasteiger charge is 2.10. The van der Waals surface area contributed by atoms with Gasteiger partial charge in [0, 0.05) is 17.1 Å². The van der Waals surface area contributed by atoms with Gasteiger partial charge < -0.3 is 15.8 Å². The molecule has 88 valence electrons. The summed E-state index contributed by atoms with van der Waals surface area (Å²) in [6, 6.07) is 5.75. The molecule has 0 atom stereocenters. The zero-order chi connectivity index (χ0) is 12.7. The number of carbonyl (C=O) groups excluding carboxylic acids is 1. The van der Waals surface area contributed by atoms with Crippen molar-refractivity contribution in [2.24, 2.45) is 5.73 Å². The zero-order valence-corrected chi connectivity index (χ0v) is 9.67. The van der Waals surface area contributed by atoms with Crippen LogP contribution in [0.2, 0.25) is 0 Å². The van der Waals surface area contributed by atoms with Gasteiger partial charge in [0.2, 0.25) is 5.91 Å². The zero-order valence-electron chi connectivity index (χ0n) is 8.85. The van der Waals surface area contributed by atoms with Crippen molar-refractivity contribution in [3.05, 3.63) is 46.9 Å². The van der Waals surface area contributed by atoms with Crippen molar-refractivity contribution in [2.45, 2.75) is 0 Å². The Labute approximate surface area is 103 Å². The van der Waals surface area contributed by atoms with Gasteiger partial charge in [-0.3, -0.25) is 9.78 Å². The van der Waals surface area contributed by atoms with Crippen LogP contribution in [0.25, 0.3) is 0 Å². The van der Waals surface area contributed by atoms with E-state index in [0.29, 0.717) is 11.0 Å².